The molecule has 1 aliphatic rings. The molecule has 0 atom stereocenters. The Morgan fingerprint density at radius 1 is 0.939 bits per heavy atom. The van der Waals surface area contributed by atoms with Crippen molar-refractivity contribution in [1.29, 1.82) is 0 Å². The molecule has 3 N–H and O–H groups in total. The quantitative estimate of drug-likeness (QED) is 0.345. The van der Waals surface area contributed by atoms with Gasteiger partial charge in [-0.1, -0.05) is 30.3 Å². The first-order valence-corrected chi connectivity index (χ1v) is 12.9. The van der Waals surface area contributed by atoms with Gasteiger partial charge in [0.1, 0.15) is 12.7 Å². The van der Waals surface area contributed by atoms with E-state index in [9.17, 15) is 14.4 Å². The fraction of sp³-hybridized carbons (Fsp3) is 0.292. The van der Waals surface area contributed by atoms with Gasteiger partial charge in [0.25, 0.3) is 0 Å². The summed E-state index contributed by atoms with van der Waals surface area (Å²) in [5.41, 5.74) is 4.61. The maximum absolute atomic E-state index is 11.3. The van der Waals surface area contributed by atoms with E-state index in [1.54, 1.807) is 6.33 Å². The molecule has 0 bridgehead atoms. The molecule has 0 unspecified atom stereocenters. The topological polar surface area (TPSA) is 113 Å². The van der Waals surface area contributed by atoms with Crippen molar-refractivity contribution in [2.24, 2.45) is 5.92 Å². The standard InChI is InChI=1S/C24H26N5O3P/c30-33(31,32)14-17-6-8-18(9-7-17)19-10-12-21(13-11-19)29-16-27-22-23(25-15-26-24(22)29)28-20-4-2-1-3-5-20/h1-5,10-13,15-18H,6-9,14H2,(H,25,26,28)(H2,30,31,32)/t17-,18-. The second kappa shape index (κ2) is 9.06. The second-order valence-electron chi connectivity index (χ2n) is 8.66. The molecule has 5 rings (SSSR count). The lowest BCUT2D eigenvalue weighted by molar-refractivity contribution is 0.316. The summed E-state index contributed by atoms with van der Waals surface area (Å²) >= 11 is 0. The van der Waals surface area contributed by atoms with Crippen LogP contribution in [0.25, 0.3) is 16.9 Å². The fourth-order valence-electron chi connectivity index (χ4n) is 4.70. The predicted molar refractivity (Wildman–Crippen MR) is 128 cm³/mol. The van der Waals surface area contributed by atoms with Crippen LogP contribution in [0.3, 0.4) is 0 Å². The van der Waals surface area contributed by atoms with Crippen molar-refractivity contribution < 1.29 is 14.4 Å². The number of para-hydroxylation sites is 1. The monoisotopic (exact) mass is 463 g/mol. The molecule has 1 saturated carbocycles. The smallest absolute Gasteiger partial charge is 0.325 e. The van der Waals surface area contributed by atoms with Gasteiger partial charge in [-0.3, -0.25) is 9.13 Å². The summed E-state index contributed by atoms with van der Waals surface area (Å²) in [6.07, 6.45) is 6.94. The minimum absolute atomic E-state index is 0.00926. The lowest BCUT2D eigenvalue weighted by Gasteiger charge is -2.29. The van der Waals surface area contributed by atoms with E-state index < -0.39 is 7.60 Å². The van der Waals surface area contributed by atoms with E-state index in [1.165, 1.54) is 11.9 Å². The number of hydrogen-bond donors (Lipinski definition) is 3. The van der Waals surface area contributed by atoms with Gasteiger partial charge >= 0.3 is 7.60 Å². The molecule has 0 saturated heterocycles. The molecular formula is C24H26N5O3P. The van der Waals surface area contributed by atoms with Gasteiger partial charge in [-0.2, -0.15) is 0 Å². The Morgan fingerprint density at radius 3 is 2.36 bits per heavy atom. The number of fused-ring (bicyclic) bond motifs is 1. The summed E-state index contributed by atoms with van der Waals surface area (Å²) in [6.45, 7) is 0. The fourth-order valence-corrected chi connectivity index (χ4v) is 5.73. The van der Waals surface area contributed by atoms with Gasteiger partial charge in [0.2, 0.25) is 0 Å². The average Bonchev–Trinajstić information content (AvgIpc) is 3.25. The summed E-state index contributed by atoms with van der Waals surface area (Å²) in [5.74, 6) is 1.21. The zero-order valence-electron chi connectivity index (χ0n) is 18.1. The van der Waals surface area contributed by atoms with E-state index in [4.69, 9.17) is 0 Å². The van der Waals surface area contributed by atoms with Crippen LogP contribution in [-0.2, 0) is 4.57 Å². The number of nitrogens with one attached hydrogen (secondary N) is 1. The number of anilines is 2. The predicted octanol–water partition coefficient (Wildman–Crippen LogP) is 5.01. The number of nitrogens with zero attached hydrogens (tertiary/aromatic N) is 4. The lowest BCUT2D eigenvalue weighted by Crippen LogP contribution is -2.16. The maximum Gasteiger partial charge on any atom is 0.325 e. The highest BCUT2D eigenvalue weighted by atomic mass is 31.2. The molecule has 0 aliphatic heterocycles. The largest absolute Gasteiger partial charge is 0.338 e. The third kappa shape index (κ3) is 4.98. The summed E-state index contributed by atoms with van der Waals surface area (Å²) in [7, 11) is -3.93. The van der Waals surface area contributed by atoms with Gasteiger partial charge in [-0.15, -0.1) is 0 Å². The molecule has 2 heterocycles. The first-order valence-electron chi connectivity index (χ1n) is 11.1. The lowest BCUT2D eigenvalue weighted by atomic mass is 9.79. The average molecular weight is 463 g/mol. The third-order valence-electron chi connectivity index (χ3n) is 6.36. The zero-order chi connectivity index (χ0) is 22.8. The van der Waals surface area contributed by atoms with E-state index >= 15 is 0 Å². The van der Waals surface area contributed by atoms with Crippen LogP contribution in [0.1, 0.15) is 37.2 Å². The SMILES string of the molecule is O=P(O)(O)C[C@H]1CC[C@H](c2ccc(-n3cnc4c(Nc5ccccc5)ncnc43)cc2)CC1. The normalized spacial score (nSPS) is 19.0. The molecule has 1 fully saturated rings. The maximum atomic E-state index is 11.3. The van der Waals surface area contributed by atoms with Crippen molar-refractivity contribution in [3.8, 4) is 5.69 Å². The number of imidazole rings is 1. The third-order valence-corrected chi connectivity index (χ3v) is 7.35. The number of rotatable bonds is 6. The highest BCUT2D eigenvalue weighted by Crippen LogP contribution is 2.44. The van der Waals surface area contributed by atoms with Gasteiger partial charge in [0.15, 0.2) is 17.0 Å². The molecule has 0 radical (unpaired) electrons. The van der Waals surface area contributed by atoms with E-state index in [0.29, 0.717) is 17.3 Å². The van der Waals surface area contributed by atoms with Crippen LogP contribution in [0.15, 0.2) is 67.3 Å². The van der Waals surface area contributed by atoms with Gasteiger partial charge in [-0.05, 0) is 67.3 Å². The van der Waals surface area contributed by atoms with Crippen molar-refractivity contribution in [2.75, 3.05) is 11.5 Å². The van der Waals surface area contributed by atoms with E-state index in [2.05, 4.69) is 44.5 Å². The minimum atomic E-state index is -3.93. The van der Waals surface area contributed by atoms with Crippen LogP contribution < -0.4 is 5.32 Å². The minimum Gasteiger partial charge on any atom is -0.338 e. The Labute approximate surface area is 191 Å². The van der Waals surface area contributed by atoms with E-state index in [-0.39, 0.29) is 12.1 Å². The van der Waals surface area contributed by atoms with Gasteiger partial charge in [-0.25, -0.2) is 15.0 Å². The Kier molecular flexibility index (Phi) is 5.98. The van der Waals surface area contributed by atoms with Gasteiger partial charge < -0.3 is 15.1 Å². The second-order valence-corrected chi connectivity index (χ2v) is 10.4. The Bertz CT molecular complexity index is 1280. The zero-order valence-corrected chi connectivity index (χ0v) is 19.0. The summed E-state index contributed by atoms with van der Waals surface area (Å²) in [6, 6.07) is 18.3. The number of aromatic nitrogens is 4. The van der Waals surface area contributed by atoms with Crippen LogP contribution in [0.5, 0.6) is 0 Å². The van der Waals surface area contributed by atoms with Crippen LogP contribution >= 0.6 is 7.60 Å². The summed E-state index contributed by atoms with van der Waals surface area (Å²) < 4.78 is 13.2. The van der Waals surface area contributed by atoms with E-state index in [0.717, 1.165) is 42.7 Å². The molecule has 170 valence electrons. The van der Waals surface area contributed by atoms with Crippen molar-refractivity contribution >= 4 is 30.3 Å². The first-order chi connectivity index (χ1) is 16.0. The van der Waals surface area contributed by atoms with Crippen LogP contribution in [0.2, 0.25) is 0 Å². The summed E-state index contributed by atoms with van der Waals surface area (Å²) in [5, 5.41) is 3.31. The molecular weight excluding hydrogens is 437 g/mol. The highest BCUT2D eigenvalue weighted by molar-refractivity contribution is 7.51. The molecule has 1 aliphatic carbocycles. The van der Waals surface area contributed by atoms with Crippen molar-refractivity contribution in [1.82, 2.24) is 19.5 Å². The van der Waals surface area contributed by atoms with Crippen molar-refractivity contribution in [3.63, 3.8) is 0 Å². The van der Waals surface area contributed by atoms with Gasteiger partial charge in [0.05, 0.1) is 6.16 Å². The molecule has 2 aromatic heterocycles. The van der Waals surface area contributed by atoms with Crippen LogP contribution in [0.4, 0.5) is 11.5 Å². The molecule has 2 aromatic carbocycles. The van der Waals surface area contributed by atoms with Gasteiger partial charge in [0, 0.05) is 11.4 Å². The van der Waals surface area contributed by atoms with Crippen molar-refractivity contribution in [2.45, 2.75) is 31.6 Å². The number of hydrogen-bond acceptors (Lipinski definition) is 5. The molecule has 4 aromatic rings. The molecule has 0 amide bonds. The first kappa shape index (κ1) is 21.8. The van der Waals surface area contributed by atoms with E-state index in [1.807, 2.05) is 34.9 Å². The molecule has 0 spiro atoms. The van der Waals surface area contributed by atoms with Crippen LogP contribution in [0, 0.1) is 5.92 Å². The Hall–Kier alpha value is -3.06. The van der Waals surface area contributed by atoms with Crippen LogP contribution in [-0.4, -0.2) is 35.5 Å². The Morgan fingerprint density at radius 2 is 1.67 bits per heavy atom. The number of benzene rings is 2. The summed E-state index contributed by atoms with van der Waals surface area (Å²) in [4.78, 5) is 31.8. The Balaban J connectivity index is 1.32. The van der Waals surface area contributed by atoms with Crippen molar-refractivity contribution in [3.05, 3.63) is 72.8 Å². The molecule has 33 heavy (non-hydrogen) atoms. The molecule has 8 nitrogen and oxygen atoms in total. The highest BCUT2D eigenvalue weighted by Gasteiger charge is 2.27. The molecule has 9 heteroatoms.